The summed E-state index contributed by atoms with van der Waals surface area (Å²) < 4.78 is 66.7. The first-order valence-electron chi connectivity index (χ1n) is 15.8. The maximum absolute atomic E-state index is 13.2. The lowest BCUT2D eigenvalue weighted by Gasteiger charge is -2.15. The number of anilines is 4. The minimum absolute atomic E-state index is 0.158. The van der Waals surface area contributed by atoms with Crippen LogP contribution in [0.15, 0.2) is 107 Å². The number of carbonyl (C=O) groups excluding carboxylic acids is 3. The Balaban J connectivity index is 1.13. The predicted molar refractivity (Wildman–Crippen MR) is 202 cm³/mol. The number of phenolic OH excluding ortho intramolecular Hbond substituents is 2. The number of phenols is 2. The molecule has 0 unspecified atom stereocenters. The van der Waals surface area contributed by atoms with E-state index in [1.807, 2.05) is 0 Å². The zero-order valence-electron chi connectivity index (χ0n) is 28.2. The number of amides is 4. The number of aromatic hydroxyl groups is 2. The molecular weight excluding hydrogens is 741 g/mol. The molecule has 0 aliphatic rings. The summed E-state index contributed by atoms with van der Waals surface area (Å²) in [5, 5.41) is 31.4. The van der Waals surface area contributed by atoms with Gasteiger partial charge in [0.25, 0.3) is 32.1 Å². The summed E-state index contributed by atoms with van der Waals surface area (Å²) in [4.78, 5) is 38.3. The van der Waals surface area contributed by atoms with Crippen molar-refractivity contribution in [2.75, 3.05) is 21.3 Å². The molecule has 0 bridgehead atoms. The molecule has 0 heterocycles. The Morgan fingerprint density at radius 3 is 1.22 bits per heavy atom. The summed E-state index contributed by atoms with van der Waals surface area (Å²) in [5.74, 6) is -1.95. The number of hydrogen-bond acceptors (Lipinski definition) is 9. The van der Waals surface area contributed by atoms with Gasteiger partial charge >= 0.3 is 6.03 Å². The van der Waals surface area contributed by atoms with Gasteiger partial charge < -0.3 is 31.5 Å². The summed E-state index contributed by atoms with van der Waals surface area (Å²) >= 11 is 0. The first-order valence-corrected chi connectivity index (χ1v) is 18.7. The second kappa shape index (κ2) is 14.1. The van der Waals surface area contributed by atoms with Gasteiger partial charge in [-0.25, -0.2) is 4.79 Å². The van der Waals surface area contributed by atoms with Gasteiger partial charge in [-0.3, -0.25) is 18.7 Å². The van der Waals surface area contributed by atoms with Gasteiger partial charge in [-0.15, -0.1) is 0 Å². The third kappa shape index (κ3) is 7.50. The Labute approximate surface area is 307 Å². The molecule has 8 N–H and O–H groups in total. The molecule has 0 aromatic heterocycles. The van der Waals surface area contributed by atoms with Crippen LogP contribution in [0.2, 0.25) is 0 Å². The minimum Gasteiger partial charge on any atom is -0.507 e. The normalized spacial score (nSPS) is 11.6. The monoisotopic (exact) mass is 770 g/mol. The molecule has 6 aromatic carbocycles. The fourth-order valence-corrected chi connectivity index (χ4v) is 7.36. The molecule has 0 radical (unpaired) electrons. The molecule has 15 nitrogen and oxygen atoms in total. The molecule has 0 spiro atoms. The van der Waals surface area contributed by atoms with Gasteiger partial charge in [0.1, 0.15) is 21.3 Å². The van der Waals surface area contributed by atoms with Gasteiger partial charge in [0.2, 0.25) is 0 Å². The van der Waals surface area contributed by atoms with Crippen molar-refractivity contribution in [1.29, 1.82) is 0 Å². The largest absolute Gasteiger partial charge is 0.507 e. The second-order valence-electron chi connectivity index (χ2n) is 12.1. The van der Waals surface area contributed by atoms with Gasteiger partial charge in [-0.2, -0.15) is 16.8 Å². The standard InChI is InChI=1S/C37H30N4O11S2/c1-19-17-21(35(44)38-27-13-15-29(42)33-23(27)5-3-7-31(33)53(47,48)49)9-11-25(19)40-37(46)41-26-12-10-22(18-20(26)2)36(45)39-28-14-16-30(43)34-24(28)6-4-8-32(34)54(50,51)52/h3-18,42-43H,1-2H3,(H,38,44)(H,39,45)(H2,40,41,46)(H,47,48,49)(H,50,51,52). The average molecular weight is 771 g/mol. The fourth-order valence-electron chi connectivity index (χ4n) is 5.91. The lowest BCUT2D eigenvalue weighted by Crippen LogP contribution is -2.21. The maximum Gasteiger partial charge on any atom is 0.323 e. The Morgan fingerprint density at radius 1 is 0.500 bits per heavy atom. The van der Waals surface area contributed by atoms with E-state index in [0.717, 1.165) is 12.1 Å². The van der Waals surface area contributed by atoms with Gasteiger partial charge in [0.15, 0.2) is 0 Å². The topological polar surface area (TPSA) is 249 Å². The predicted octanol–water partition coefficient (Wildman–Crippen LogP) is 6.66. The fraction of sp³-hybridized carbons (Fsp3) is 0.0541. The number of rotatable bonds is 8. The molecular formula is C37H30N4O11S2. The zero-order valence-corrected chi connectivity index (χ0v) is 29.8. The molecule has 6 aromatic rings. The molecule has 0 saturated carbocycles. The first kappa shape index (κ1) is 37.2. The summed E-state index contributed by atoms with van der Waals surface area (Å²) in [7, 11) is -9.35. The van der Waals surface area contributed by atoms with Crippen molar-refractivity contribution in [2.45, 2.75) is 23.6 Å². The summed E-state index contributed by atoms with van der Waals surface area (Å²) in [5.41, 5.74) is 2.57. The number of carbonyl (C=O) groups is 3. The number of hydrogen-bond donors (Lipinski definition) is 8. The lowest BCUT2D eigenvalue weighted by molar-refractivity contribution is 0.101. The summed E-state index contributed by atoms with van der Waals surface area (Å²) in [6.45, 7) is 3.33. The van der Waals surface area contributed by atoms with Crippen LogP contribution in [0.5, 0.6) is 11.5 Å². The number of aryl methyl sites for hydroxylation is 2. The Bertz CT molecular complexity index is 2600. The van der Waals surface area contributed by atoms with Crippen molar-refractivity contribution >= 4 is 82.4 Å². The van der Waals surface area contributed by atoms with E-state index >= 15 is 0 Å². The number of urea groups is 1. The molecule has 0 fully saturated rings. The quantitative estimate of drug-likeness (QED) is 0.0600. The molecule has 0 saturated heterocycles. The number of fused-ring (bicyclic) bond motifs is 2. The van der Waals surface area contributed by atoms with Gasteiger partial charge in [-0.1, -0.05) is 24.3 Å². The van der Waals surface area contributed by atoms with Crippen LogP contribution in [0.25, 0.3) is 21.5 Å². The highest BCUT2D eigenvalue weighted by Gasteiger charge is 2.21. The average Bonchev–Trinajstić information content (AvgIpc) is 3.11. The zero-order chi connectivity index (χ0) is 39.1. The van der Waals surface area contributed by atoms with Gasteiger partial charge in [0, 0.05) is 55.4 Å². The molecule has 276 valence electrons. The van der Waals surface area contributed by atoms with Crippen molar-refractivity contribution in [2.24, 2.45) is 0 Å². The molecule has 4 amide bonds. The summed E-state index contributed by atoms with van der Waals surface area (Å²) in [6.07, 6.45) is 0. The Morgan fingerprint density at radius 2 is 0.870 bits per heavy atom. The van der Waals surface area contributed by atoms with E-state index < -0.39 is 59.4 Å². The number of benzene rings is 6. The highest BCUT2D eigenvalue weighted by molar-refractivity contribution is 7.86. The van der Waals surface area contributed by atoms with Crippen LogP contribution >= 0.6 is 0 Å². The van der Waals surface area contributed by atoms with Crippen LogP contribution in [0.4, 0.5) is 27.5 Å². The maximum atomic E-state index is 13.2. The van der Waals surface area contributed by atoms with Crippen molar-refractivity contribution in [1.82, 2.24) is 0 Å². The minimum atomic E-state index is -4.68. The van der Waals surface area contributed by atoms with Crippen molar-refractivity contribution in [3.8, 4) is 11.5 Å². The van der Waals surface area contributed by atoms with E-state index in [9.17, 15) is 50.5 Å². The highest BCUT2D eigenvalue weighted by Crippen LogP contribution is 2.37. The third-order valence-electron chi connectivity index (χ3n) is 8.49. The van der Waals surface area contributed by atoms with Crippen molar-refractivity contribution in [3.05, 3.63) is 119 Å². The molecule has 0 aliphatic carbocycles. The lowest BCUT2D eigenvalue weighted by atomic mass is 10.1. The first-order chi connectivity index (χ1) is 25.4. The van der Waals surface area contributed by atoms with Gasteiger partial charge in [-0.05, 0) is 97.8 Å². The Hall–Kier alpha value is -6.53. The molecule has 0 atom stereocenters. The van der Waals surface area contributed by atoms with Crippen LogP contribution < -0.4 is 21.3 Å². The molecule has 17 heteroatoms. The number of nitrogens with one attached hydrogen (secondary N) is 4. The van der Waals surface area contributed by atoms with Gasteiger partial charge in [0.05, 0.1) is 0 Å². The van der Waals surface area contributed by atoms with Crippen molar-refractivity contribution in [3.63, 3.8) is 0 Å². The van der Waals surface area contributed by atoms with Crippen LogP contribution in [0, 0.1) is 13.8 Å². The van der Waals surface area contributed by atoms with Crippen molar-refractivity contribution < 1.29 is 50.5 Å². The van der Waals surface area contributed by atoms with Crippen LogP contribution in [-0.4, -0.2) is 54.0 Å². The van der Waals surface area contributed by atoms with Crippen LogP contribution in [0.3, 0.4) is 0 Å². The highest BCUT2D eigenvalue weighted by atomic mass is 32.2. The molecule has 0 aliphatic heterocycles. The molecule has 6 rings (SSSR count). The van der Waals surface area contributed by atoms with E-state index in [2.05, 4.69) is 21.3 Å². The molecule has 54 heavy (non-hydrogen) atoms. The summed E-state index contributed by atoms with van der Waals surface area (Å²) in [6, 6.07) is 21.5. The third-order valence-corrected chi connectivity index (χ3v) is 10.3. The van der Waals surface area contributed by atoms with E-state index in [-0.39, 0.29) is 44.0 Å². The van der Waals surface area contributed by atoms with E-state index in [0.29, 0.717) is 22.5 Å². The van der Waals surface area contributed by atoms with Crippen LogP contribution in [0.1, 0.15) is 31.8 Å². The SMILES string of the molecule is Cc1cc(C(=O)Nc2ccc(O)c3c(S(=O)(=O)O)cccc23)ccc1NC(=O)Nc1ccc(C(=O)Nc2ccc(O)c3c(S(=O)(=O)O)cccc23)cc1C. The second-order valence-corrected chi connectivity index (χ2v) is 14.9. The van der Waals surface area contributed by atoms with E-state index in [4.69, 9.17) is 0 Å². The van der Waals surface area contributed by atoms with E-state index in [1.54, 1.807) is 13.8 Å². The smallest absolute Gasteiger partial charge is 0.323 e. The Kier molecular flexibility index (Phi) is 9.74. The van der Waals surface area contributed by atoms with Crippen LogP contribution in [-0.2, 0) is 20.2 Å². The van der Waals surface area contributed by atoms with E-state index in [1.165, 1.54) is 84.9 Å².